The zero-order valence-corrected chi connectivity index (χ0v) is 37.3. The van der Waals surface area contributed by atoms with E-state index in [1.54, 1.807) is 90.1 Å². The molecule has 1 aliphatic carbocycles. The van der Waals surface area contributed by atoms with Crippen LogP contribution in [0.25, 0.3) is 0 Å². The third-order valence-electron chi connectivity index (χ3n) is 8.65. The Kier molecular flexibility index (Phi) is 19.4. The summed E-state index contributed by atoms with van der Waals surface area (Å²) in [5.74, 6) is 1.07. The topological polar surface area (TPSA) is 202 Å². The molecule has 336 valence electrons. The molecule has 2 aliphatic heterocycles. The Morgan fingerprint density at radius 2 is 1.13 bits per heavy atom. The maximum atomic E-state index is 13.0. The van der Waals surface area contributed by atoms with Crippen LogP contribution in [0.4, 0.5) is 18.4 Å². The lowest BCUT2D eigenvalue weighted by molar-refractivity contribution is 0.0520. The second-order valence-electron chi connectivity index (χ2n) is 16.1. The predicted molar refractivity (Wildman–Crippen MR) is 234 cm³/mol. The van der Waals surface area contributed by atoms with Gasteiger partial charge in [-0.3, -0.25) is 14.4 Å². The molecule has 3 aromatic rings. The van der Waals surface area contributed by atoms with Crippen molar-refractivity contribution in [1.82, 2.24) is 21.3 Å². The van der Waals surface area contributed by atoms with Crippen LogP contribution in [0, 0.1) is 0 Å². The van der Waals surface area contributed by atoms with Crippen molar-refractivity contribution in [3.05, 3.63) is 112 Å². The zero-order valence-electron chi connectivity index (χ0n) is 35.7. The van der Waals surface area contributed by atoms with Crippen LogP contribution in [0.3, 0.4) is 0 Å². The van der Waals surface area contributed by atoms with Gasteiger partial charge in [0.2, 0.25) is 0 Å². The number of carbonyl (C=O) groups is 5. The van der Waals surface area contributed by atoms with E-state index in [0.717, 1.165) is 41.5 Å². The van der Waals surface area contributed by atoms with Crippen molar-refractivity contribution in [2.24, 2.45) is 0 Å². The molecular weight excluding hydrogens is 874 g/mol. The summed E-state index contributed by atoms with van der Waals surface area (Å²) in [5.41, 5.74) is 4.48. The van der Waals surface area contributed by atoms with Gasteiger partial charge in [0.15, 0.2) is 5.78 Å². The van der Waals surface area contributed by atoms with Crippen LogP contribution in [0.1, 0.15) is 95.7 Å². The summed E-state index contributed by atoms with van der Waals surface area (Å²) < 4.78 is 40.7. The highest BCUT2D eigenvalue weighted by molar-refractivity contribution is 9.09. The molecule has 0 fully saturated rings. The van der Waals surface area contributed by atoms with Crippen molar-refractivity contribution >= 4 is 45.7 Å². The van der Waals surface area contributed by atoms with Gasteiger partial charge in [-0.15, -0.1) is 0 Å². The fourth-order valence-electron chi connectivity index (χ4n) is 5.76. The molecule has 6 rings (SSSR count). The van der Waals surface area contributed by atoms with Gasteiger partial charge in [0.05, 0.1) is 12.7 Å². The van der Waals surface area contributed by atoms with Gasteiger partial charge in [-0.05, 0) is 138 Å². The summed E-state index contributed by atoms with van der Waals surface area (Å²) in [6.45, 7) is 11.9. The number of aryl methyl sites for hydroxylation is 1. The minimum absolute atomic E-state index is 0.0151. The summed E-state index contributed by atoms with van der Waals surface area (Å²) in [6, 6.07) is 14.9. The standard InChI is InChI=1S/C18H23FN2O4.C9H15BrFNO2.C9H9NO2.C9H8O2/c1-18(2,3)25-17(23)21-10-12(9-19)11-24-14-4-5-15-13(8-14)6-7-20-16(15)22;1-9(2,3)14-8(13)12-6-7(4-10)5-11;11-7-1-2-8-6(5-7)3-4-10-9(8)12;10-7-2-3-8-6(5-7)1-4-9(8)11/h4-5,8-9H,6-7,10-11H2,1-3H3,(H,20,22)(H,21,23);5H,4,6H2,1-3H3,(H,12,13);1-2,5,11H,3-4H2,(H,10,12);2-3,5,10H,1,4H2/b12-9+;7-5-;;. The Labute approximate surface area is 368 Å². The first kappa shape index (κ1) is 50.4. The number of alkyl carbamates (subject to hydrolysis) is 2. The van der Waals surface area contributed by atoms with Gasteiger partial charge in [-0.1, -0.05) is 15.9 Å². The molecule has 14 nitrogen and oxygen atoms in total. The SMILES string of the molecule is CC(C)(C)OC(=O)NC/C(=C\F)CBr.CC(C)(C)OC(=O)NC/C(=C\F)COc1ccc2c(c1)CCNC2=O.O=C1CCc2cc(O)ccc21.O=C1NCCc2cc(O)ccc21. The van der Waals surface area contributed by atoms with Crippen molar-refractivity contribution in [2.45, 2.75) is 78.4 Å². The molecular formula is C45H55BrF2N4O10. The molecule has 4 amide bonds. The Bertz CT molecular complexity index is 2130. The number of aromatic hydroxyl groups is 2. The van der Waals surface area contributed by atoms with Crippen molar-refractivity contribution in [2.75, 3.05) is 38.1 Å². The van der Waals surface area contributed by atoms with E-state index in [1.807, 2.05) is 0 Å². The number of nitrogens with one attached hydrogen (secondary N) is 4. The molecule has 0 unspecified atom stereocenters. The molecule has 2 heterocycles. The molecule has 0 spiro atoms. The van der Waals surface area contributed by atoms with Crippen LogP contribution in [0.2, 0.25) is 0 Å². The molecule has 0 aromatic heterocycles. The maximum Gasteiger partial charge on any atom is 0.407 e. The van der Waals surface area contributed by atoms with Crippen LogP contribution in [0.5, 0.6) is 17.2 Å². The lowest BCUT2D eigenvalue weighted by Crippen LogP contribution is -2.34. The monoisotopic (exact) mass is 928 g/mol. The second-order valence-corrected chi connectivity index (χ2v) is 16.7. The summed E-state index contributed by atoms with van der Waals surface area (Å²) >= 11 is 3.09. The van der Waals surface area contributed by atoms with Crippen molar-refractivity contribution in [3.63, 3.8) is 0 Å². The smallest absolute Gasteiger partial charge is 0.407 e. The van der Waals surface area contributed by atoms with Gasteiger partial charge >= 0.3 is 12.2 Å². The van der Waals surface area contributed by atoms with E-state index in [0.29, 0.717) is 59.9 Å². The van der Waals surface area contributed by atoms with Gasteiger partial charge in [-0.25, -0.2) is 18.4 Å². The molecule has 17 heteroatoms. The molecule has 3 aromatic carbocycles. The summed E-state index contributed by atoms with van der Waals surface area (Å²) in [7, 11) is 0. The highest BCUT2D eigenvalue weighted by Gasteiger charge is 2.21. The first-order chi connectivity index (χ1) is 29.2. The van der Waals surface area contributed by atoms with Gasteiger partial charge < -0.3 is 45.7 Å². The first-order valence-electron chi connectivity index (χ1n) is 19.8. The minimum Gasteiger partial charge on any atom is -0.508 e. The zero-order chi connectivity index (χ0) is 46.0. The molecule has 0 bridgehead atoms. The number of alkyl halides is 1. The number of halogens is 3. The third-order valence-corrected chi connectivity index (χ3v) is 9.37. The first-order valence-corrected chi connectivity index (χ1v) is 20.9. The van der Waals surface area contributed by atoms with Crippen LogP contribution in [0.15, 0.2) is 78.4 Å². The lowest BCUT2D eigenvalue weighted by Gasteiger charge is -2.20. The maximum absolute atomic E-state index is 13.0. The van der Waals surface area contributed by atoms with Crippen LogP contribution < -0.4 is 26.0 Å². The van der Waals surface area contributed by atoms with E-state index in [-0.39, 0.29) is 54.4 Å². The molecule has 0 atom stereocenters. The summed E-state index contributed by atoms with van der Waals surface area (Å²) in [5, 5.41) is 29.0. The average molecular weight is 930 g/mol. The Hall–Kier alpha value is -5.97. The largest absolute Gasteiger partial charge is 0.508 e. The number of Topliss-reactive ketones (excluding diaryl/α,β-unsaturated/α-hetero) is 1. The number of rotatable bonds is 8. The molecule has 0 radical (unpaired) electrons. The van der Waals surface area contributed by atoms with E-state index in [1.165, 1.54) is 6.07 Å². The number of hydrogen-bond acceptors (Lipinski definition) is 10. The molecule has 3 aliphatic rings. The number of benzene rings is 3. The number of carbonyl (C=O) groups excluding carboxylic acids is 5. The number of phenolic OH excluding ortho intramolecular Hbond substituents is 2. The fraction of sp³-hybridized carbons (Fsp3) is 0.400. The van der Waals surface area contributed by atoms with Gasteiger partial charge in [0.1, 0.15) is 35.1 Å². The number of hydrogen-bond donors (Lipinski definition) is 6. The molecule has 0 saturated carbocycles. The van der Waals surface area contributed by atoms with Crippen LogP contribution >= 0.6 is 15.9 Å². The second kappa shape index (κ2) is 23.9. The highest BCUT2D eigenvalue weighted by atomic mass is 79.9. The highest BCUT2D eigenvalue weighted by Crippen LogP contribution is 2.25. The number of fused-ring (bicyclic) bond motifs is 3. The number of phenols is 2. The predicted octanol–water partition coefficient (Wildman–Crippen LogP) is 7.69. The average Bonchev–Trinajstić information content (AvgIpc) is 3.56. The van der Waals surface area contributed by atoms with Crippen LogP contribution in [-0.4, -0.2) is 89.3 Å². The lowest BCUT2D eigenvalue weighted by atomic mass is 10.0. The van der Waals surface area contributed by atoms with E-state index in [2.05, 4.69) is 37.2 Å². The van der Waals surface area contributed by atoms with Gasteiger partial charge in [0, 0.05) is 60.2 Å². The normalized spacial score (nSPS) is 14.2. The van der Waals surface area contributed by atoms with E-state index in [9.17, 15) is 32.8 Å². The van der Waals surface area contributed by atoms with Crippen molar-refractivity contribution < 1.29 is 57.2 Å². The van der Waals surface area contributed by atoms with E-state index in [4.69, 9.17) is 24.4 Å². The number of amides is 4. The molecule has 0 saturated heterocycles. The minimum atomic E-state index is -0.619. The summed E-state index contributed by atoms with van der Waals surface area (Å²) in [6.07, 6.45) is 2.61. The van der Waals surface area contributed by atoms with Crippen LogP contribution in [-0.2, 0) is 28.7 Å². The third kappa shape index (κ3) is 17.6. The summed E-state index contributed by atoms with van der Waals surface area (Å²) in [4.78, 5) is 56.7. The Morgan fingerprint density at radius 3 is 1.61 bits per heavy atom. The van der Waals surface area contributed by atoms with Crippen molar-refractivity contribution in [1.29, 1.82) is 0 Å². The molecule has 62 heavy (non-hydrogen) atoms. The molecule has 6 N–H and O–H groups in total. The number of ether oxygens (including phenoxy) is 3. The van der Waals surface area contributed by atoms with Gasteiger partial charge in [0.25, 0.3) is 11.8 Å². The van der Waals surface area contributed by atoms with E-state index < -0.39 is 23.4 Å². The Balaban J connectivity index is 0.000000235. The fourth-order valence-corrected chi connectivity index (χ4v) is 6.08. The quantitative estimate of drug-likeness (QED) is 0.122. The Morgan fingerprint density at radius 1 is 0.677 bits per heavy atom. The van der Waals surface area contributed by atoms with Crippen molar-refractivity contribution in [3.8, 4) is 17.2 Å². The number of ketones is 1. The van der Waals surface area contributed by atoms with E-state index >= 15 is 0 Å². The van der Waals surface area contributed by atoms with Gasteiger partial charge in [-0.2, -0.15) is 0 Å².